The molecular weight excluding hydrogens is 260 g/mol. The number of rotatable bonds is 3. The van der Waals surface area contributed by atoms with Crippen LogP contribution in [0.2, 0.25) is 0 Å². The zero-order valence-corrected chi connectivity index (χ0v) is 12.2. The predicted octanol–water partition coefficient (Wildman–Crippen LogP) is 4.12. The van der Waals surface area contributed by atoms with Gasteiger partial charge in [-0.3, -0.25) is 0 Å². The third kappa shape index (κ3) is 2.42. The lowest BCUT2D eigenvalue weighted by Gasteiger charge is -2.04. The number of aryl methyl sites for hydroxylation is 1. The Labute approximate surface area is 124 Å². The maximum Gasteiger partial charge on any atom is 0.165 e. The molecule has 1 heterocycles. The summed E-state index contributed by atoms with van der Waals surface area (Å²) in [7, 11) is 0. The fourth-order valence-corrected chi connectivity index (χ4v) is 2.45. The molecule has 0 aliphatic heterocycles. The number of benzene rings is 2. The second-order valence-corrected chi connectivity index (χ2v) is 5.11. The van der Waals surface area contributed by atoms with E-state index in [1.54, 1.807) is 0 Å². The zero-order valence-electron chi connectivity index (χ0n) is 12.2. The van der Waals surface area contributed by atoms with Gasteiger partial charge in [-0.05, 0) is 25.5 Å². The highest BCUT2D eigenvalue weighted by atomic mass is 16.3. The van der Waals surface area contributed by atoms with Crippen LogP contribution in [-0.2, 0) is 6.42 Å². The van der Waals surface area contributed by atoms with E-state index in [-0.39, 0.29) is 5.75 Å². The van der Waals surface area contributed by atoms with Gasteiger partial charge in [0.1, 0.15) is 5.69 Å². The van der Waals surface area contributed by atoms with E-state index in [0.29, 0.717) is 5.69 Å². The summed E-state index contributed by atoms with van der Waals surface area (Å²) in [6, 6.07) is 17.9. The Morgan fingerprint density at radius 1 is 1.00 bits per heavy atom. The van der Waals surface area contributed by atoms with Gasteiger partial charge in [0.15, 0.2) is 5.75 Å². The van der Waals surface area contributed by atoms with Gasteiger partial charge in [-0.1, -0.05) is 55.0 Å². The van der Waals surface area contributed by atoms with Crippen molar-refractivity contribution in [3.63, 3.8) is 0 Å². The molecule has 0 radical (unpaired) electrons. The molecule has 0 aliphatic carbocycles. The van der Waals surface area contributed by atoms with E-state index in [4.69, 9.17) is 0 Å². The highest BCUT2D eigenvalue weighted by molar-refractivity contribution is 5.68. The fraction of sp³-hybridized carbons (Fsp3) is 0.167. The van der Waals surface area contributed by atoms with E-state index in [1.807, 2.05) is 73.1 Å². The normalized spacial score (nSPS) is 10.8. The van der Waals surface area contributed by atoms with E-state index in [9.17, 15) is 5.11 Å². The second kappa shape index (κ2) is 5.44. The Morgan fingerprint density at radius 3 is 2.29 bits per heavy atom. The van der Waals surface area contributed by atoms with E-state index in [1.165, 1.54) is 5.56 Å². The van der Waals surface area contributed by atoms with Gasteiger partial charge in [-0.2, -0.15) is 5.10 Å². The standard InChI is InChI=1S/C18H18N2O/c1-3-16-18(21)17(14-11-9-13(2)10-12-14)19-20(16)15-7-5-4-6-8-15/h4-12,21H,3H2,1-2H3. The number of hydrogen-bond donors (Lipinski definition) is 1. The first kappa shape index (κ1) is 13.4. The molecule has 1 aromatic heterocycles. The molecule has 3 rings (SSSR count). The molecule has 0 aliphatic rings. The van der Waals surface area contributed by atoms with Crippen molar-refractivity contribution in [2.75, 3.05) is 0 Å². The maximum absolute atomic E-state index is 10.5. The van der Waals surface area contributed by atoms with Gasteiger partial charge in [-0.15, -0.1) is 0 Å². The third-order valence-electron chi connectivity index (χ3n) is 3.61. The summed E-state index contributed by atoms with van der Waals surface area (Å²) in [5.74, 6) is 0.269. The summed E-state index contributed by atoms with van der Waals surface area (Å²) < 4.78 is 1.82. The molecule has 0 unspecified atom stereocenters. The highest BCUT2D eigenvalue weighted by Gasteiger charge is 2.18. The van der Waals surface area contributed by atoms with Crippen molar-refractivity contribution in [3.05, 3.63) is 65.9 Å². The van der Waals surface area contributed by atoms with Gasteiger partial charge in [0.2, 0.25) is 0 Å². The molecule has 0 saturated carbocycles. The topological polar surface area (TPSA) is 38.1 Å². The molecule has 0 spiro atoms. The molecule has 0 fully saturated rings. The molecule has 1 N–H and O–H groups in total. The van der Waals surface area contributed by atoms with E-state index in [2.05, 4.69) is 5.10 Å². The fourth-order valence-electron chi connectivity index (χ4n) is 2.45. The Bertz CT molecular complexity index is 743. The van der Waals surface area contributed by atoms with Gasteiger partial charge in [0, 0.05) is 5.56 Å². The van der Waals surface area contributed by atoms with Crippen molar-refractivity contribution in [2.24, 2.45) is 0 Å². The van der Waals surface area contributed by atoms with Crippen LogP contribution in [0.25, 0.3) is 16.9 Å². The first-order valence-electron chi connectivity index (χ1n) is 7.14. The van der Waals surface area contributed by atoms with E-state index >= 15 is 0 Å². The van der Waals surface area contributed by atoms with Crippen LogP contribution in [0.4, 0.5) is 0 Å². The minimum Gasteiger partial charge on any atom is -0.504 e. The molecule has 0 amide bonds. The van der Waals surface area contributed by atoms with Gasteiger partial charge in [-0.25, -0.2) is 4.68 Å². The maximum atomic E-state index is 10.5. The van der Waals surface area contributed by atoms with Crippen LogP contribution in [0, 0.1) is 6.92 Å². The van der Waals surface area contributed by atoms with Crippen LogP contribution in [0.3, 0.4) is 0 Å². The first-order valence-corrected chi connectivity index (χ1v) is 7.14. The first-order chi connectivity index (χ1) is 10.2. The lowest BCUT2D eigenvalue weighted by Crippen LogP contribution is -2.00. The Hall–Kier alpha value is -2.55. The van der Waals surface area contributed by atoms with Crippen LogP contribution in [0.1, 0.15) is 18.2 Å². The lowest BCUT2D eigenvalue weighted by atomic mass is 10.1. The second-order valence-electron chi connectivity index (χ2n) is 5.11. The number of hydrogen-bond acceptors (Lipinski definition) is 2. The molecule has 21 heavy (non-hydrogen) atoms. The molecule has 0 bridgehead atoms. The summed E-state index contributed by atoms with van der Waals surface area (Å²) in [6.45, 7) is 4.07. The summed E-state index contributed by atoms with van der Waals surface area (Å²) in [5, 5.41) is 15.1. The molecule has 3 aromatic rings. The number of nitrogens with zero attached hydrogens (tertiary/aromatic N) is 2. The van der Waals surface area contributed by atoms with Crippen molar-refractivity contribution in [1.29, 1.82) is 0 Å². The summed E-state index contributed by atoms with van der Waals surface area (Å²) in [6.07, 6.45) is 0.722. The largest absolute Gasteiger partial charge is 0.504 e. The number of para-hydroxylation sites is 1. The smallest absolute Gasteiger partial charge is 0.165 e. The van der Waals surface area contributed by atoms with E-state index in [0.717, 1.165) is 23.4 Å². The van der Waals surface area contributed by atoms with E-state index < -0.39 is 0 Å². The quantitative estimate of drug-likeness (QED) is 0.782. The molecule has 106 valence electrons. The minimum atomic E-state index is 0.269. The summed E-state index contributed by atoms with van der Waals surface area (Å²) in [5.41, 5.74) is 4.55. The average Bonchev–Trinajstić information content (AvgIpc) is 2.86. The van der Waals surface area contributed by atoms with Crippen LogP contribution in [0.5, 0.6) is 5.75 Å². The Kier molecular flexibility index (Phi) is 3.48. The zero-order chi connectivity index (χ0) is 14.8. The number of aromatic nitrogens is 2. The van der Waals surface area contributed by atoms with Crippen molar-refractivity contribution < 1.29 is 5.11 Å². The van der Waals surface area contributed by atoms with Crippen molar-refractivity contribution >= 4 is 0 Å². The molecule has 2 aromatic carbocycles. The Balaban J connectivity index is 2.16. The lowest BCUT2D eigenvalue weighted by molar-refractivity contribution is 0.469. The van der Waals surface area contributed by atoms with Crippen molar-refractivity contribution in [2.45, 2.75) is 20.3 Å². The van der Waals surface area contributed by atoms with Crippen LogP contribution < -0.4 is 0 Å². The van der Waals surface area contributed by atoms with Crippen LogP contribution >= 0.6 is 0 Å². The monoisotopic (exact) mass is 278 g/mol. The molecule has 0 atom stereocenters. The van der Waals surface area contributed by atoms with Crippen LogP contribution in [-0.4, -0.2) is 14.9 Å². The predicted molar refractivity (Wildman–Crippen MR) is 84.8 cm³/mol. The minimum absolute atomic E-state index is 0.269. The summed E-state index contributed by atoms with van der Waals surface area (Å²) in [4.78, 5) is 0. The van der Waals surface area contributed by atoms with Crippen molar-refractivity contribution in [1.82, 2.24) is 9.78 Å². The molecular formula is C18H18N2O. The molecule has 0 saturated heterocycles. The van der Waals surface area contributed by atoms with Gasteiger partial charge in [0.05, 0.1) is 11.4 Å². The molecule has 3 nitrogen and oxygen atoms in total. The molecule has 3 heteroatoms. The number of aromatic hydroxyl groups is 1. The van der Waals surface area contributed by atoms with Crippen LogP contribution in [0.15, 0.2) is 54.6 Å². The van der Waals surface area contributed by atoms with Gasteiger partial charge < -0.3 is 5.11 Å². The van der Waals surface area contributed by atoms with Gasteiger partial charge in [0.25, 0.3) is 0 Å². The third-order valence-corrected chi connectivity index (χ3v) is 3.61. The van der Waals surface area contributed by atoms with Crippen molar-refractivity contribution in [3.8, 4) is 22.7 Å². The highest BCUT2D eigenvalue weighted by Crippen LogP contribution is 2.33. The van der Waals surface area contributed by atoms with Gasteiger partial charge >= 0.3 is 0 Å². The SMILES string of the molecule is CCc1c(O)c(-c2ccc(C)cc2)nn1-c1ccccc1. The Morgan fingerprint density at radius 2 is 1.67 bits per heavy atom. The average molecular weight is 278 g/mol. The summed E-state index contributed by atoms with van der Waals surface area (Å²) >= 11 is 0.